The number of para-hydroxylation sites is 1. The maximum absolute atomic E-state index is 12.6. The van der Waals surface area contributed by atoms with Crippen LogP contribution in [0.2, 0.25) is 0 Å². The van der Waals surface area contributed by atoms with Crippen molar-refractivity contribution in [2.45, 2.75) is 6.18 Å². The fourth-order valence-corrected chi connectivity index (χ4v) is 2.59. The molecule has 0 unspecified atom stereocenters. The lowest BCUT2D eigenvalue weighted by atomic mass is 10.2. The van der Waals surface area contributed by atoms with Gasteiger partial charge in [0, 0.05) is 0 Å². The number of nitrogens with zero attached hydrogens (tertiary/aromatic N) is 3. The van der Waals surface area contributed by atoms with Crippen LogP contribution in [0.5, 0.6) is 0 Å². The number of halogens is 3. The molecule has 0 bridgehead atoms. The lowest BCUT2D eigenvalue weighted by Gasteiger charge is -2.08. The Morgan fingerprint density at radius 3 is 2.33 bits per heavy atom. The predicted molar refractivity (Wildman–Crippen MR) is 81.7 cm³/mol. The lowest BCUT2D eigenvalue weighted by molar-refractivity contribution is -0.751. The van der Waals surface area contributed by atoms with Crippen LogP contribution in [0, 0.1) is 0 Å². The number of aliphatic imine (C=N–C) groups is 1. The van der Waals surface area contributed by atoms with E-state index < -0.39 is 17.6 Å². The van der Waals surface area contributed by atoms with Crippen LogP contribution in [0.25, 0.3) is 10.9 Å². The second-order valence-electron chi connectivity index (χ2n) is 5.37. The maximum Gasteiger partial charge on any atom is 0.416 e. The highest BCUT2D eigenvalue weighted by Gasteiger charge is 2.30. The van der Waals surface area contributed by atoms with Crippen LogP contribution in [0.1, 0.15) is 11.3 Å². The van der Waals surface area contributed by atoms with Crippen molar-refractivity contribution < 1.29 is 23.0 Å². The summed E-state index contributed by atoms with van der Waals surface area (Å²) in [6, 6.07) is 11.6. The van der Waals surface area contributed by atoms with Gasteiger partial charge in [-0.15, -0.1) is 4.68 Å². The zero-order chi connectivity index (χ0) is 17.5. The Bertz CT molecular complexity index is 925. The van der Waals surface area contributed by atoms with Crippen molar-refractivity contribution >= 4 is 22.5 Å². The first-order valence-corrected chi connectivity index (χ1v) is 7.16. The Morgan fingerprint density at radius 1 is 1.08 bits per heavy atom. The number of fused-ring (bicyclic) bond motifs is 1. The third-order valence-electron chi connectivity index (χ3n) is 3.91. The van der Waals surface area contributed by atoms with Crippen molar-refractivity contribution in [3.8, 4) is 0 Å². The largest absolute Gasteiger partial charge is 0.854 e. The average Bonchev–Trinajstić information content (AvgIpc) is 2.79. The molecule has 0 atom stereocenters. The summed E-state index contributed by atoms with van der Waals surface area (Å²) in [5, 5.41) is 13.3. The van der Waals surface area contributed by atoms with E-state index in [4.69, 9.17) is 0 Å². The molecule has 0 spiro atoms. The first-order chi connectivity index (χ1) is 11.3. The molecule has 7 heteroatoms. The molecule has 0 amide bonds. The Labute approximate surface area is 136 Å². The first-order valence-electron chi connectivity index (χ1n) is 7.16. The van der Waals surface area contributed by atoms with Crippen LogP contribution in [0.4, 0.5) is 18.9 Å². The number of rotatable bonds is 2. The normalized spacial score (nSPS) is 12.8. The van der Waals surface area contributed by atoms with E-state index in [-0.39, 0.29) is 5.69 Å². The Kier molecular flexibility index (Phi) is 3.79. The molecule has 3 rings (SSSR count). The molecular formula is C17H14F3N3O. The SMILES string of the molecule is Cn1c2ccccc2c(C([O-])=Nc2ccc(C(F)(F)F)cc2)[n+]1C. The number of benzene rings is 2. The quantitative estimate of drug-likeness (QED) is 0.404. The van der Waals surface area contributed by atoms with Crippen molar-refractivity contribution in [1.29, 1.82) is 0 Å². The van der Waals surface area contributed by atoms with Crippen molar-refractivity contribution in [1.82, 2.24) is 4.68 Å². The number of aryl methyl sites for hydroxylation is 1. The number of alkyl halides is 3. The Balaban J connectivity index is 2.05. The third-order valence-corrected chi connectivity index (χ3v) is 3.91. The van der Waals surface area contributed by atoms with E-state index in [0.29, 0.717) is 5.69 Å². The fourth-order valence-electron chi connectivity index (χ4n) is 2.59. The van der Waals surface area contributed by atoms with Gasteiger partial charge in [-0.05, 0) is 36.4 Å². The van der Waals surface area contributed by atoms with Gasteiger partial charge in [0.1, 0.15) is 5.52 Å². The molecule has 1 heterocycles. The highest BCUT2D eigenvalue weighted by atomic mass is 19.4. The minimum atomic E-state index is -4.41. The minimum absolute atomic E-state index is 0.181. The lowest BCUT2D eigenvalue weighted by Crippen LogP contribution is -2.44. The van der Waals surface area contributed by atoms with Gasteiger partial charge in [0.15, 0.2) is 7.05 Å². The molecule has 0 aliphatic heterocycles. The van der Waals surface area contributed by atoms with Crippen LogP contribution < -0.4 is 9.79 Å². The van der Waals surface area contributed by atoms with Gasteiger partial charge in [-0.25, -0.2) is 0 Å². The molecule has 0 radical (unpaired) electrons. The van der Waals surface area contributed by atoms with Gasteiger partial charge in [0.25, 0.3) is 0 Å². The molecule has 0 aliphatic carbocycles. The Morgan fingerprint density at radius 2 is 1.71 bits per heavy atom. The fraction of sp³-hybridized carbons (Fsp3) is 0.176. The van der Waals surface area contributed by atoms with Crippen molar-refractivity contribution in [2.24, 2.45) is 19.1 Å². The topological polar surface area (TPSA) is 44.2 Å². The third kappa shape index (κ3) is 2.73. The van der Waals surface area contributed by atoms with E-state index in [1.54, 1.807) is 11.7 Å². The molecule has 0 N–H and O–H groups in total. The molecule has 24 heavy (non-hydrogen) atoms. The monoisotopic (exact) mass is 333 g/mol. The zero-order valence-electron chi connectivity index (χ0n) is 13.0. The molecule has 0 saturated heterocycles. The van der Waals surface area contributed by atoms with Gasteiger partial charge in [-0.1, -0.05) is 12.1 Å². The van der Waals surface area contributed by atoms with E-state index in [9.17, 15) is 18.3 Å². The molecule has 0 aliphatic rings. The molecule has 3 aromatic rings. The van der Waals surface area contributed by atoms with Gasteiger partial charge in [0.05, 0.1) is 29.6 Å². The predicted octanol–water partition coefficient (Wildman–Crippen LogP) is 2.46. The first kappa shape index (κ1) is 16.0. The summed E-state index contributed by atoms with van der Waals surface area (Å²) >= 11 is 0. The minimum Gasteiger partial charge on any atom is -0.854 e. The van der Waals surface area contributed by atoms with Gasteiger partial charge < -0.3 is 5.11 Å². The van der Waals surface area contributed by atoms with Gasteiger partial charge in [-0.3, -0.25) is 4.99 Å². The molecule has 2 aromatic carbocycles. The number of aromatic nitrogens is 2. The van der Waals surface area contributed by atoms with Crippen molar-refractivity contribution in [3.05, 3.63) is 59.8 Å². The highest BCUT2D eigenvalue weighted by Crippen LogP contribution is 2.30. The highest BCUT2D eigenvalue weighted by molar-refractivity contribution is 6.01. The second kappa shape index (κ2) is 5.67. The average molecular weight is 333 g/mol. The summed E-state index contributed by atoms with van der Waals surface area (Å²) in [5.74, 6) is -0.506. The second-order valence-corrected chi connectivity index (χ2v) is 5.37. The number of hydrogen-bond donors (Lipinski definition) is 0. The zero-order valence-corrected chi connectivity index (χ0v) is 13.0. The van der Waals surface area contributed by atoms with E-state index in [1.807, 2.05) is 36.0 Å². The molecule has 1 aromatic heterocycles. The Hall–Kier alpha value is -2.83. The summed E-state index contributed by atoms with van der Waals surface area (Å²) in [5.41, 5.74) is 0.657. The summed E-state index contributed by atoms with van der Waals surface area (Å²) in [4.78, 5) is 3.94. The van der Waals surface area contributed by atoms with Crippen LogP contribution >= 0.6 is 0 Å². The van der Waals surface area contributed by atoms with E-state index in [2.05, 4.69) is 4.99 Å². The summed E-state index contributed by atoms with van der Waals surface area (Å²) in [7, 11) is 3.55. The van der Waals surface area contributed by atoms with Gasteiger partial charge >= 0.3 is 6.18 Å². The van der Waals surface area contributed by atoms with E-state index >= 15 is 0 Å². The van der Waals surface area contributed by atoms with Gasteiger partial charge in [0.2, 0.25) is 5.69 Å². The standard InChI is InChI=1S/C17H14F3N3O/c1-22-14-6-4-3-5-13(14)15(23(22)2)16(24)21-12-9-7-11(8-10-12)17(18,19)20/h3-10H,1-2H3. The van der Waals surface area contributed by atoms with Crippen LogP contribution in [0.3, 0.4) is 0 Å². The van der Waals surface area contributed by atoms with Crippen LogP contribution in [0.15, 0.2) is 53.5 Å². The molecule has 4 nitrogen and oxygen atoms in total. The van der Waals surface area contributed by atoms with Crippen LogP contribution in [-0.4, -0.2) is 10.6 Å². The van der Waals surface area contributed by atoms with Gasteiger partial charge in [-0.2, -0.15) is 17.9 Å². The van der Waals surface area contributed by atoms with E-state index in [0.717, 1.165) is 23.0 Å². The summed E-state index contributed by atoms with van der Waals surface area (Å²) in [6.07, 6.45) is -4.41. The van der Waals surface area contributed by atoms with Crippen molar-refractivity contribution in [3.63, 3.8) is 0 Å². The van der Waals surface area contributed by atoms with Crippen LogP contribution in [-0.2, 0) is 20.3 Å². The number of hydrogen-bond acceptors (Lipinski definition) is 2. The summed E-state index contributed by atoms with van der Waals surface area (Å²) in [6.45, 7) is 0. The van der Waals surface area contributed by atoms with Crippen molar-refractivity contribution in [2.75, 3.05) is 0 Å². The molecule has 0 fully saturated rings. The van der Waals surface area contributed by atoms with E-state index in [1.165, 1.54) is 12.1 Å². The molecule has 0 saturated carbocycles. The molecular weight excluding hydrogens is 319 g/mol. The molecule has 124 valence electrons. The maximum atomic E-state index is 12.6. The summed E-state index contributed by atoms with van der Waals surface area (Å²) < 4.78 is 41.2. The smallest absolute Gasteiger partial charge is 0.416 e.